The second kappa shape index (κ2) is 8.86. The summed E-state index contributed by atoms with van der Waals surface area (Å²) in [6, 6.07) is 31.4. The summed E-state index contributed by atoms with van der Waals surface area (Å²) in [5.41, 5.74) is 2.56. The van der Waals surface area contributed by atoms with Gasteiger partial charge in [0.15, 0.2) is 0 Å². The number of ether oxygens (including phenoxy) is 1. The van der Waals surface area contributed by atoms with Crippen molar-refractivity contribution in [2.45, 2.75) is 19.4 Å². The molecule has 3 aromatic rings. The molecule has 3 aromatic carbocycles. The van der Waals surface area contributed by atoms with Crippen LogP contribution in [0.5, 0.6) is 0 Å². The van der Waals surface area contributed by atoms with Gasteiger partial charge in [0.1, 0.15) is 5.60 Å². The normalized spacial score (nSPS) is 12.2. The molecule has 1 nitrogen and oxygen atoms in total. The van der Waals surface area contributed by atoms with E-state index >= 15 is 0 Å². The van der Waals surface area contributed by atoms with E-state index in [0.29, 0.717) is 6.61 Å². The third-order valence-corrected chi connectivity index (χ3v) is 4.89. The molecule has 0 aliphatic rings. The van der Waals surface area contributed by atoms with E-state index in [1.807, 2.05) is 24.3 Å². The Hall–Kier alpha value is -2.90. The van der Waals surface area contributed by atoms with Gasteiger partial charge in [-0.25, -0.2) is 0 Å². The zero-order valence-corrected chi connectivity index (χ0v) is 16.7. The van der Waals surface area contributed by atoms with Crippen LogP contribution in [0.25, 0.3) is 0 Å². The zero-order chi connectivity index (χ0) is 19.9. The summed E-state index contributed by atoms with van der Waals surface area (Å²) in [5.74, 6) is 0. The van der Waals surface area contributed by atoms with E-state index in [-0.39, 0.29) is 5.41 Å². The van der Waals surface area contributed by atoms with Crippen molar-refractivity contribution in [3.63, 3.8) is 0 Å². The van der Waals surface area contributed by atoms with Crippen LogP contribution in [-0.2, 0) is 10.3 Å². The predicted molar refractivity (Wildman–Crippen MR) is 118 cm³/mol. The molecular weight excluding hydrogens is 340 g/mol. The summed E-state index contributed by atoms with van der Waals surface area (Å²) in [5, 5.41) is 0. The maximum Gasteiger partial charge on any atom is 0.143 e. The highest BCUT2D eigenvalue weighted by molar-refractivity contribution is 5.47. The number of hydrogen-bond acceptors (Lipinski definition) is 1. The molecule has 1 heteroatoms. The van der Waals surface area contributed by atoms with Gasteiger partial charge in [-0.15, -0.1) is 0 Å². The topological polar surface area (TPSA) is 9.23 Å². The Balaban J connectivity index is 2.17. The minimum atomic E-state index is -0.678. The first-order valence-electron chi connectivity index (χ1n) is 9.69. The third kappa shape index (κ3) is 4.32. The Bertz CT molecular complexity index is 796. The lowest BCUT2D eigenvalue weighted by molar-refractivity contribution is -0.0184. The van der Waals surface area contributed by atoms with E-state index in [2.05, 4.69) is 99.3 Å². The first-order chi connectivity index (χ1) is 13.6. The minimum Gasteiger partial charge on any atom is -0.360 e. The third-order valence-electron chi connectivity index (χ3n) is 4.89. The molecule has 0 aromatic heterocycles. The number of benzene rings is 3. The highest BCUT2D eigenvalue weighted by Gasteiger charge is 2.38. The molecular formula is C27H28O. The van der Waals surface area contributed by atoms with Crippen LogP contribution in [0, 0.1) is 5.41 Å². The lowest BCUT2D eigenvalue weighted by Gasteiger charge is -2.38. The summed E-state index contributed by atoms with van der Waals surface area (Å²) in [4.78, 5) is 0. The molecule has 142 valence electrons. The van der Waals surface area contributed by atoms with Crippen LogP contribution >= 0.6 is 0 Å². The first kappa shape index (κ1) is 19.9. The second-order valence-corrected chi connectivity index (χ2v) is 7.65. The summed E-state index contributed by atoms with van der Waals surface area (Å²) in [6.07, 6.45) is 5.94. The molecule has 0 spiro atoms. The van der Waals surface area contributed by atoms with E-state index in [0.717, 1.165) is 16.7 Å². The molecule has 0 atom stereocenters. The Labute approximate surface area is 169 Å². The summed E-state index contributed by atoms with van der Waals surface area (Å²) in [6.45, 7) is 8.71. The van der Waals surface area contributed by atoms with Gasteiger partial charge in [-0.1, -0.05) is 130 Å². The van der Waals surface area contributed by atoms with Crippen molar-refractivity contribution in [1.82, 2.24) is 0 Å². The quantitative estimate of drug-likeness (QED) is 0.315. The Morgan fingerprint density at radius 2 is 1.11 bits per heavy atom. The monoisotopic (exact) mass is 368 g/mol. The molecule has 3 rings (SSSR count). The average molecular weight is 369 g/mol. The predicted octanol–water partition coefficient (Wildman–Crippen LogP) is 6.76. The molecule has 0 N–H and O–H groups in total. The van der Waals surface area contributed by atoms with Gasteiger partial charge < -0.3 is 4.74 Å². The van der Waals surface area contributed by atoms with Crippen LogP contribution in [0.1, 0.15) is 30.5 Å². The van der Waals surface area contributed by atoms with E-state index in [1.54, 1.807) is 6.08 Å². The highest BCUT2D eigenvalue weighted by atomic mass is 16.5. The van der Waals surface area contributed by atoms with Crippen LogP contribution in [0.4, 0.5) is 0 Å². The number of hydrogen-bond donors (Lipinski definition) is 0. The Morgan fingerprint density at radius 3 is 1.46 bits per heavy atom. The lowest BCUT2D eigenvalue weighted by Crippen LogP contribution is -2.36. The molecule has 0 saturated carbocycles. The first-order valence-corrected chi connectivity index (χ1v) is 9.69. The Morgan fingerprint density at radius 1 is 0.714 bits per heavy atom. The molecule has 0 radical (unpaired) electrons. The van der Waals surface area contributed by atoms with Crippen molar-refractivity contribution in [1.29, 1.82) is 0 Å². The van der Waals surface area contributed by atoms with Crippen molar-refractivity contribution < 1.29 is 4.74 Å². The van der Waals surface area contributed by atoms with E-state index in [1.165, 1.54) is 0 Å². The molecule has 0 amide bonds. The van der Waals surface area contributed by atoms with E-state index in [4.69, 9.17) is 4.74 Å². The van der Waals surface area contributed by atoms with Gasteiger partial charge in [-0.05, 0) is 16.7 Å². The summed E-state index contributed by atoms with van der Waals surface area (Å²) >= 11 is 0. The largest absolute Gasteiger partial charge is 0.360 e. The van der Waals surface area contributed by atoms with Crippen LogP contribution in [0.15, 0.2) is 116 Å². The fourth-order valence-electron chi connectivity index (χ4n) is 3.44. The summed E-state index contributed by atoms with van der Waals surface area (Å²) < 4.78 is 6.86. The smallest absolute Gasteiger partial charge is 0.143 e. The van der Waals surface area contributed by atoms with E-state index in [9.17, 15) is 0 Å². The lowest BCUT2D eigenvalue weighted by atomic mass is 9.79. The molecule has 0 fully saturated rings. The van der Waals surface area contributed by atoms with Gasteiger partial charge in [-0.2, -0.15) is 0 Å². The maximum absolute atomic E-state index is 6.86. The van der Waals surface area contributed by atoms with Gasteiger partial charge in [0.25, 0.3) is 0 Å². The molecule has 0 bridgehead atoms. The van der Waals surface area contributed by atoms with Crippen LogP contribution in [-0.4, -0.2) is 6.61 Å². The highest BCUT2D eigenvalue weighted by Crippen LogP contribution is 2.41. The van der Waals surface area contributed by atoms with Crippen LogP contribution in [0.3, 0.4) is 0 Å². The van der Waals surface area contributed by atoms with Gasteiger partial charge >= 0.3 is 0 Å². The van der Waals surface area contributed by atoms with Crippen molar-refractivity contribution >= 4 is 0 Å². The molecule has 0 unspecified atom stereocenters. The van der Waals surface area contributed by atoms with E-state index < -0.39 is 5.60 Å². The van der Waals surface area contributed by atoms with Crippen molar-refractivity contribution in [2.75, 3.05) is 6.61 Å². The minimum absolute atomic E-state index is 0.127. The van der Waals surface area contributed by atoms with Gasteiger partial charge in [0.05, 0.1) is 6.61 Å². The van der Waals surface area contributed by atoms with Crippen LogP contribution in [0.2, 0.25) is 0 Å². The van der Waals surface area contributed by atoms with Crippen molar-refractivity contribution in [3.8, 4) is 0 Å². The fraction of sp³-hybridized carbons (Fsp3) is 0.185. The second-order valence-electron chi connectivity index (χ2n) is 7.65. The van der Waals surface area contributed by atoms with Crippen molar-refractivity contribution in [2.24, 2.45) is 5.41 Å². The number of allylic oxidation sites excluding steroid dienone is 2. The average Bonchev–Trinajstić information content (AvgIpc) is 2.75. The molecule has 0 aliphatic heterocycles. The maximum atomic E-state index is 6.86. The molecule has 0 saturated heterocycles. The molecule has 0 heterocycles. The molecule has 0 aliphatic carbocycles. The van der Waals surface area contributed by atoms with Gasteiger partial charge in [0.2, 0.25) is 0 Å². The zero-order valence-electron chi connectivity index (χ0n) is 16.7. The number of rotatable bonds is 8. The SMILES string of the molecule is C=C/C=C/C(C)(C)COC(c1ccccc1)(c1ccccc1)c1ccccc1. The van der Waals surface area contributed by atoms with Crippen LogP contribution < -0.4 is 0 Å². The fourth-order valence-corrected chi connectivity index (χ4v) is 3.44. The van der Waals surface area contributed by atoms with Gasteiger partial charge in [0, 0.05) is 5.41 Å². The Kier molecular flexibility index (Phi) is 6.28. The summed E-state index contributed by atoms with van der Waals surface area (Å²) in [7, 11) is 0. The standard InChI is InChI=1S/C27H28O/c1-4-5-21-26(2,3)22-28-27(23-15-9-6-10-16-23,24-17-11-7-12-18-24)25-19-13-8-14-20-25/h4-21H,1,22H2,2-3H3/b21-5+. The molecule has 28 heavy (non-hydrogen) atoms. The van der Waals surface area contributed by atoms with Crippen molar-refractivity contribution in [3.05, 3.63) is 132 Å². The van der Waals surface area contributed by atoms with Gasteiger partial charge in [-0.3, -0.25) is 0 Å².